The van der Waals surface area contributed by atoms with Gasteiger partial charge in [-0.05, 0) is 36.9 Å². The smallest absolute Gasteiger partial charge is 0.0248 e. The minimum Gasteiger partial charge on any atom is -0.318 e. The van der Waals surface area contributed by atoms with Crippen LogP contribution in [0.15, 0.2) is 11.4 Å². The zero-order valence-electron chi connectivity index (χ0n) is 10.3. The van der Waals surface area contributed by atoms with Gasteiger partial charge in [0.2, 0.25) is 0 Å². The summed E-state index contributed by atoms with van der Waals surface area (Å²) in [5.41, 5.74) is 1.56. The molecular formula is C13H22N2S. The van der Waals surface area contributed by atoms with Crippen molar-refractivity contribution in [1.82, 2.24) is 10.2 Å². The molecule has 2 nitrogen and oxygen atoms in total. The van der Waals surface area contributed by atoms with Crippen molar-refractivity contribution < 1.29 is 0 Å². The van der Waals surface area contributed by atoms with Crippen molar-refractivity contribution in [2.24, 2.45) is 0 Å². The number of likely N-dealkylation sites (N-methyl/N-ethyl adjacent to an activating group) is 1. The van der Waals surface area contributed by atoms with E-state index in [4.69, 9.17) is 0 Å². The van der Waals surface area contributed by atoms with Gasteiger partial charge in [0.05, 0.1) is 0 Å². The molecule has 0 radical (unpaired) electrons. The number of rotatable bonds is 5. The summed E-state index contributed by atoms with van der Waals surface area (Å²) < 4.78 is 0. The van der Waals surface area contributed by atoms with E-state index in [1.165, 1.54) is 25.8 Å². The Morgan fingerprint density at radius 3 is 3.19 bits per heavy atom. The Bertz CT molecular complexity index is 315. The minimum atomic E-state index is 0.711. The van der Waals surface area contributed by atoms with Gasteiger partial charge in [0.1, 0.15) is 0 Å². The van der Waals surface area contributed by atoms with Crippen LogP contribution in [0.2, 0.25) is 0 Å². The highest BCUT2D eigenvalue weighted by molar-refractivity contribution is 7.10. The highest BCUT2D eigenvalue weighted by atomic mass is 32.1. The van der Waals surface area contributed by atoms with Crippen LogP contribution in [0.3, 0.4) is 0 Å². The molecule has 90 valence electrons. The Labute approximate surface area is 103 Å². The molecule has 1 aromatic heterocycles. The largest absolute Gasteiger partial charge is 0.318 e. The van der Waals surface area contributed by atoms with Crippen LogP contribution in [0.25, 0.3) is 0 Å². The first-order chi connectivity index (χ1) is 7.85. The van der Waals surface area contributed by atoms with Crippen LogP contribution in [0, 0.1) is 0 Å². The topological polar surface area (TPSA) is 15.3 Å². The van der Waals surface area contributed by atoms with Crippen molar-refractivity contribution in [2.45, 2.75) is 38.8 Å². The average molecular weight is 238 g/mol. The predicted octanol–water partition coefficient (Wildman–Crippen LogP) is 2.49. The molecule has 1 atom stereocenters. The van der Waals surface area contributed by atoms with Crippen LogP contribution in [0.4, 0.5) is 0 Å². The maximum atomic E-state index is 3.33. The summed E-state index contributed by atoms with van der Waals surface area (Å²) in [5.74, 6) is 0. The predicted molar refractivity (Wildman–Crippen MR) is 71.1 cm³/mol. The number of fused-ring (bicyclic) bond motifs is 1. The molecule has 0 bridgehead atoms. The molecule has 2 heterocycles. The fourth-order valence-electron chi connectivity index (χ4n) is 2.56. The van der Waals surface area contributed by atoms with Crippen molar-refractivity contribution in [3.8, 4) is 0 Å². The maximum Gasteiger partial charge on any atom is 0.0248 e. The maximum absolute atomic E-state index is 3.33. The molecule has 0 saturated heterocycles. The lowest BCUT2D eigenvalue weighted by molar-refractivity contribution is 0.168. The van der Waals surface area contributed by atoms with E-state index in [1.54, 1.807) is 10.4 Å². The second-order valence-corrected chi connectivity index (χ2v) is 5.59. The van der Waals surface area contributed by atoms with E-state index in [0.717, 1.165) is 13.1 Å². The third kappa shape index (κ3) is 2.65. The van der Waals surface area contributed by atoms with Crippen LogP contribution in [0.5, 0.6) is 0 Å². The first-order valence-corrected chi connectivity index (χ1v) is 7.17. The Kier molecular flexibility index (Phi) is 4.38. The van der Waals surface area contributed by atoms with Gasteiger partial charge in [-0.1, -0.05) is 13.3 Å². The molecule has 1 N–H and O–H groups in total. The zero-order valence-corrected chi connectivity index (χ0v) is 11.1. The molecule has 1 aromatic rings. The van der Waals surface area contributed by atoms with Gasteiger partial charge in [0, 0.05) is 30.6 Å². The molecule has 0 amide bonds. The van der Waals surface area contributed by atoms with Gasteiger partial charge in [-0.3, -0.25) is 4.90 Å². The second-order valence-electron chi connectivity index (χ2n) is 4.59. The van der Waals surface area contributed by atoms with E-state index >= 15 is 0 Å². The summed E-state index contributed by atoms with van der Waals surface area (Å²) >= 11 is 1.92. The normalized spacial score (nSPS) is 18.4. The quantitative estimate of drug-likeness (QED) is 0.848. The van der Waals surface area contributed by atoms with Gasteiger partial charge in [-0.15, -0.1) is 11.3 Å². The monoisotopic (exact) mass is 238 g/mol. The molecule has 1 unspecified atom stereocenters. The van der Waals surface area contributed by atoms with Gasteiger partial charge in [0.15, 0.2) is 0 Å². The van der Waals surface area contributed by atoms with Gasteiger partial charge < -0.3 is 5.32 Å². The molecule has 0 aliphatic carbocycles. The van der Waals surface area contributed by atoms with E-state index in [-0.39, 0.29) is 0 Å². The van der Waals surface area contributed by atoms with Crippen molar-refractivity contribution >= 4 is 11.3 Å². The Balaban J connectivity index is 2.00. The summed E-state index contributed by atoms with van der Waals surface area (Å²) in [6.07, 6.45) is 3.83. The van der Waals surface area contributed by atoms with E-state index in [0.29, 0.717) is 6.04 Å². The molecule has 0 aromatic carbocycles. The lowest BCUT2D eigenvalue weighted by atomic mass is 10.0. The molecule has 0 spiro atoms. The van der Waals surface area contributed by atoms with Crippen molar-refractivity contribution in [3.05, 3.63) is 21.9 Å². The first-order valence-electron chi connectivity index (χ1n) is 6.29. The fraction of sp³-hybridized carbons (Fsp3) is 0.692. The molecular weight excluding hydrogens is 216 g/mol. The molecule has 2 rings (SSSR count). The summed E-state index contributed by atoms with van der Waals surface area (Å²) in [5, 5.41) is 5.57. The SMILES string of the molecule is CCCC(CNC)N1CCc2sccc2C1. The number of hydrogen-bond donors (Lipinski definition) is 1. The average Bonchev–Trinajstić information content (AvgIpc) is 2.75. The summed E-state index contributed by atoms with van der Waals surface area (Å²) in [6.45, 7) is 5.79. The molecule has 3 heteroatoms. The van der Waals surface area contributed by atoms with Crippen LogP contribution in [-0.2, 0) is 13.0 Å². The van der Waals surface area contributed by atoms with Crippen molar-refractivity contribution in [1.29, 1.82) is 0 Å². The third-order valence-corrected chi connectivity index (χ3v) is 4.44. The Hall–Kier alpha value is -0.380. The molecule has 0 fully saturated rings. The zero-order chi connectivity index (χ0) is 11.4. The number of nitrogens with zero attached hydrogens (tertiary/aromatic N) is 1. The molecule has 1 aliphatic heterocycles. The van der Waals surface area contributed by atoms with Crippen LogP contribution < -0.4 is 5.32 Å². The second kappa shape index (κ2) is 5.80. The molecule has 16 heavy (non-hydrogen) atoms. The van der Waals surface area contributed by atoms with Crippen LogP contribution >= 0.6 is 11.3 Å². The number of thiophene rings is 1. The highest BCUT2D eigenvalue weighted by Crippen LogP contribution is 2.25. The summed E-state index contributed by atoms with van der Waals surface area (Å²) in [6, 6.07) is 3.01. The van der Waals surface area contributed by atoms with E-state index in [2.05, 4.69) is 35.6 Å². The number of nitrogens with one attached hydrogen (secondary N) is 1. The summed E-state index contributed by atoms with van der Waals surface area (Å²) in [7, 11) is 2.06. The summed E-state index contributed by atoms with van der Waals surface area (Å²) in [4.78, 5) is 4.26. The van der Waals surface area contributed by atoms with Crippen molar-refractivity contribution in [3.63, 3.8) is 0 Å². The Morgan fingerprint density at radius 2 is 2.44 bits per heavy atom. The fourth-order valence-corrected chi connectivity index (χ4v) is 3.45. The van der Waals surface area contributed by atoms with Gasteiger partial charge in [-0.25, -0.2) is 0 Å². The highest BCUT2D eigenvalue weighted by Gasteiger charge is 2.22. The number of hydrogen-bond acceptors (Lipinski definition) is 3. The van der Waals surface area contributed by atoms with Gasteiger partial charge in [-0.2, -0.15) is 0 Å². The third-order valence-electron chi connectivity index (χ3n) is 3.42. The van der Waals surface area contributed by atoms with Crippen LogP contribution in [0.1, 0.15) is 30.2 Å². The standard InChI is InChI=1S/C13H22N2S/c1-3-4-12(9-14-2)15-7-5-13-11(10-15)6-8-16-13/h6,8,12,14H,3-5,7,9-10H2,1-2H3. The van der Waals surface area contributed by atoms with E-state index in [9.17, 15) is 0 Å². The minimum absolute atomic E-state index is 0.711. The molecule has 1 aliphatic rings. The first kappa shape index (κ1) is 12.1. The van der Waals surface area contributed by atoms with E-state index < -0.39 is 0 Å². The van der Waals surface area contributed by atoms with Gasteiger partial charge in [0.25, 0.3) is 0 Å². The lowest BCUT2D eigenvalue weighted by Gasteiger charge is -2.34. The lowest BCUT2D eigenvalue weighted by Crippen LogP contribution is -2.43. The van der Waals surface area contributed by atoms with Gasteiger partial charge >= 0.3 is 0 Å². The Morgan fingerprint density at radius 1 is 1.56 bits per heavy atom. The molecule has 0 saturated carbocycles. The van der Waals surface area contributed by atoms with Crippen LogP contribution in [-0.4, -0.2) is 31.1 Å². The van der Waals surface area contributed by atoms with Crippen molar-refractivity contribution in [2.75, 3.05) is 20.1 Å². The van der Waals surface area contributed by atoms with E-state index in [1.807, 2.05) is 11.3 Å².